The molecule has 0 saturated carbocycles. The van der Waals surface area contributed by atoms with E-state index in [1.807, 2.05) is 6.07 Å². The van der Waals surface area contributed by atoms with Gasteiger partial charge in [0.05, 0.1) is 0 Å². The van der Waals surface area contributed by atoms with E-state index in [0.717, 1.165) is 24.5 Å². The Labute approximate surface area is 118 Å². The van der Waals surface area contributed by atoms with E-state index in [9.17, 15) is 0 Å². The minimum atomic E-state index is 0.630. The van der Waals surface area contributed by atoms with Crippen molar-refractivity contribution in [2.45, 2.75) is 12.8 Å². The molecule has 0 radical (unpaired) electrons. The van der Waals surface area contributed by atoms with Gasteiger partial charge in [-0.2, -0.15) is 0 Å². The molecule has 4 rings (SSSR count). The minimum absolute atomic E-state index is 0.630. The molecular weight excluding hydrogens is 250 g/mol. The van der Waals surface area contributed by atoms with E-state index in [4.69, 9.17) is 9.47 Å². The molecule has 3 heteroatoms. The number of anilines is 1. The van der Waals surface area contributed by atoms with Crippen molar-refractivity contribution in [3.63, 3.8) is 0 Å². The predicted octanol–water partition coefficient (Wildman–Crippen LogP) is 3.48. The van der Waals surface area contributed by atoms with Gasteiger partial charge < -0.3 is 14.8 Å². The van der Waals surface area contributed by atoms with Crippen LogP contribution in [0.1, 0.15) is 12.0 Å². The van der Waals surface area contributed by atoms with Crippen molar-refractivity contribution >= 4 is 5.69 Å². The summed E-state index contributed by atoms with van der Waals surface area (Å²) < 4.78 is 11.3. The molecule has 0 spiro atoms. The molecule has 0 saturated heterocycles. The van der Waals surface area contributed by atoms with E-state index in [0.29, 0.717) is 13.2 Å². The fourth-order valence-corrected chi connectivity index (χ4v) is 2.99. The normalized spacial score (nSPS) is 16.2. The molecule has 0 fully saturated rings. The van der Waals surface area contributed by atoms with Crippen LogP contribution in [0.15, 0.2) is 36.4 Å². The molecule has 20 heavy (non-hydrogen) atoms. The SMILES string of the molecule is c1cc2c(c(-c3ccc4c(c3)OCCO4)c1)CCCN2. The van der Waals surface area contributed by atoms with Crippen molar-refractivity contribution in [1.29, 1.82) is 0 Å². The maximum atomic E-state index is 5.69. The van der Waals surface area contributed by atoms with Crippen LogP contribution < -0.4 is 14.8 Å². The molecule has 0 atom stereocenters. The van der Waals surface area contributed by atoms with Crippen LogP contribution in [0.5, 0.6) is 11.5 Å². The van der Waals surface area contributed by atoms with Crippen molar-refractivity contribution < 1.29 is 9.47 Å². The molecule has 1 N–H and O–H groups in total. The summed E-state index contributed by atoms with van der Waals surface area (Å²) in [5, 5.41) is 3.48. The van der Waals surface area contributed by atoms with Crippen molar-refractivity contribution in [3.05, 3.63) is 42.0 Å². The quantitative estimate of drug-likeness (QED) is 0.858. The van der Waals surface area contributed by atoms with Crippen molar-refractivity contribution in [2.24, 2.45) is 0 Å². The fraction of sp³-hybridized carbons (Fsp3) is 0.294. The van der Waals surface area contributed by atoms with Gasteiger partial charge in [0.15, 0.2) is 11.5 Å². The van der Waals surface area contributed by atoms with Crippen molar-refractivity contribution in [2.75, 3.05) is 25.1 Å². The first-order valence-corrected chi connectivity index (χ1v) is 7.17. The second kappa shape index (κ2) is 4.75. The second-order valence-corrected chi connectivity index (χ2v) is 5.22. The van der Waals surface area contributed by atoms with E-state index < -0.39 is 0 Å². The van der Waals surface area contributed by atoms with Gasteiger partial charge >= 0.3 is 0 Å². The van der Waals surface area contributed by atoms with Gasteiger partial charge in [-0.15, -0.1) is 0 Å². The summed E-state index contributed by atoms with van der Waals surface area (Å²) in [6, 6.07) is 12.7. The molecule has 3 nitrogen and oxygen atoms in total. The fourth-order valence-electron chi connectivity index (χ4n) is 2.99. The molecule has 0 unspecified atom stereocenters. The molecule has 2 aliphatic heterocycles. The molecule has 2 aromatic carbocycles. The van der Waals surface area contributed by atoms with Crippen LogP contribution in [0.4, 0.5) is 5.69 Å². The van der Waals surface area contributed by atoms with Crippen LogP contribution >= 0.6 is 0 Å². The maximum absolute atomic E-state index is 5.69. The van der Waals surface area contributed by atoms with Crippen LogP contribution in [0.25, 0.3) is 11.1 Å². The number of hydrogen-bond donors (Lipinski definition) is 1. The zero-order chi connectivity index (χ0) is 13.4. The number of benzene rings is 2. The van der Waals surface area contributed by atoms with Gasteiger partial charge in [0.25, 0.3) is 0 Å². The molecule has 102 valence electrons. The summed E-state index contributed by atoms with van der Waals surface area (Å²) >= 11 is 0. The Morgan fingerprint density at radius 2 is 1.85 bits per heavy atom. The topological polar surface area (TPSA) is 30.5 Å². The summed E-state index contributed by atoms with van der Waals surface area (Å²) in [5.41, 5.74) is 5.18. The van der Waals surface area contributed by atoms with Gasteiger partial charge in [-0.05, 0) is 47.7 Å². The van der Waals surface area contributed by atoms with Crippen molar-refractivity contribution in [1.82, 2.24) is 0 Å². The first-order chi connectivity index (χ1) is 9.92. The van der Waals surface area contributed by atoms with E-state index in [2.05, 4.69) is 35.6 Å². The zero-order valence-corrected chi connectivity index (χ0v) is 11.3. The number of fused-ring (bicyclic) bond motifs is 2. The summed E-state index contributed by atoms with van der Waals surface area (Å²) in [4.78, 5) is 0. The van der Waals surface area contributed by atoms with E-state index in [1.54, 1.807) is 0 Å². The third kappa shape index (κ3) is 1.90. The second-order valence-electron chi connectivity index (χ2n) is 5.22. The van der Waals surface area contributed by atoms with Crippen LogP contribution in [-0.2, 0) is 6.42 Å². The average molecular weight is 267 g/mol. The highest BCUT2D eigenvalue weighted by atomic mass is 16.6. The molecule has 0 aromatic heterocycles. The Bertz CT molecular complexity index is 651. The Morgan fingerprint density at radius 3 is 2.80 bits per heavy atom. The Balaban J connectivity index is 1.81. The Morgan fingerprint density at radius 1 is 0.950 bits per heavy atom. The summed E-state index contributed by atoms with van der Waals surface area (Å²) in [6.07, 6.45) is 2.32. The lowest BCUT2D eigenvalue weighted by atomic mass is 9.93. The van der Waals surface area contributed by atoms with Gasteiger partial charge in [-0.3, -0.25) is 0 Å². The van der Waals surface area contributed by atoms with Crippen LogP contribution in [0.3, 0.4) is 0 Å². The highest BCUT2D eigenvalue weighted by molar-refractivity contribution is 5.76. The molecule has 2 aliphatic rings. The van der Waals surface area contributed by atoms with Crippen molar-refractivity contribution in [3.8, 4) is 22.6 Å². The number of hydrogen-bond acceptors (Lipinski definition) is 3. The minimum Gasteiger partial charge on any atom is -0.486 e. The first kappa shape index (κ1) is 11.6. The largest absolute Gasteiger partial charge is 0.486 e. The smallest absolute Gasteiger partial charge is 0.161 e. The molecule has 2 aromatic rings. The average Bonchev–Trinajstić information content (AvgIpc) is 2.54. The standard InChI is InChI=1S/C17H17NO2/c1-3-13(14-4-2-8-18-15(14)5-1)12-6-7-16-17(11-12)20-10-9-19-16/h1,3,5-7,11,18H,2,4,8-10H2. The monoisotopic (exact) mass is 267 g/mol. The predicted molar refractivity (Wildman–Crippen MR) is 79.7 cm³/mol. The molecule has 2 heterocycles. The highest BCUT2D eigenvalue weighted by Gasteiger charge is 2.16. The van der Waals surface area contributed by atoms with Gasteiger partial charge in [-0.25, -0.2) is 0 Å². The van der Waals surface area contributed by atoms with Gasteiger partial charge in [0.1, 0.15) is 13.2 Å². The summed E-state index contributed by atoms with van der Waals surface area (Å²) in [6.45, 7) is 2.33. The Kier molecular flexibility index (Phi) is 2.76. The lowest BCUT2D eigenvalue weighted by molar-refractivity contribution is 0.171. The van der Waals surface area contributed by atoms with Crippen LogP contribution in [-0.4, -0.2) is 19.8 Å². The van der Waals surface area contributed by atoms with Gasteiger partial charge in [0, 0.05) is 12.2 Å². The van der Waals surface area contributed by atoms with Gasteiger partial charge in [0.2, 0.25) is 0 Å². The summed E-state index contributed by atoms with van der Waals surface area (Å²) in [5.74, 6) is 1.71. The molecular formula is C17H17NO2. The van der Waals surface area contributed by atoms with E-state index >= 15 is 0 Å². The summed E-state index contributed by atoms with van der Waals surface area (Å²) in [7, 11) is 0. The third-order valence-corrected chi connectivity index (χ3v) is 3.95. The van der Waals surface area contributed by atoms with Crippen LogP contribution in [0, 0.1) is 0 Å². The van der Waals surface area contributed by atoms with Gasteiger partial charge in [-0.1, -0.05) is 18.2 Å². The van der Waals surface area contributed by atoms with Crippen LogP contribution in [0.2, 0.25) is 0 Å². The molecule has 0 amide bonds. The third-order valence-electron chi connectivity index (χ3n) is 3.95. The molecule has 0 aliphatic carbocycles. The number of ether oxygens (including phenoxy) is 2. The number of nitrogens with one attached hydrogen (secondary N) is 1. The highest BCUT2D eigenvalue weighted by Crippen LogP contribution is 2.38. The maximum Gasteiger partial charge on any atom is 0.161 e. The number of rotatable bonds is 1. The zero-order valence-electron chi connectivity index (χ0n) is 11.3. The lowest BCUT2D eigenvalue weighted by Gasteiger charge is -2.22. The lowest BCUT2D eigenvalue weighted by Crippen LogP contribution is -2.15. The Hall–Kier alpha value is -2.16. The van der Waals surface area contributed by atoms with E-state index in [-0.39, 0.29) is 0 Å². The van der Waals surface area contributed by atoms with E-state index in [1.165, 1.54) is 28.8 Å². The first-order valence-electron chi connectivity index (χ1n) is 7.17. The molecule has 0 bridgehead atoms.